The van der Waals surface area contributed by atoms with Gasteiger partial charge in [-0.15, -0.1) is 0 Å². The van der Waals surface area contributed by atoms with E-state index in [1.807, 2.05) is 0 Å². The molecule has 0 spiro atoms. The van der Waals surface area contributed by atoms with Crippen molar-refractivity contribution in [2.75, 3.05) is 13.1 Å². The molecule has 0 bridgehead atoms. The maximum Gasteiger partial charge on any atom is 0.0279 e. The molecule has 0 unspecified atom stereocenters. The predicted octanol–water partition coefficient (Wildman–Crippen LogP) is 2.76. The van der Waals surface area contributed by atoms with Crippen LogP contribution in [0.2, 0.25) is 0 Å². The fourth-order valence-electron chi connectivity index (χ4n) is 3.68. The van der Waals surface area contributed by atoms with Crippen LogP contribution in [0.25, 0.3) is 0 Å². The van der Waals surface area contributed by atoms with Crippen LogP contribution in [-0.2, 0) is 13.1 Å². The molecule has 2 heteroatoms. The standard InChI is InChI=1S/C18H20N2/c1-2-6-14(7-3-1)11-20-12-17-16-9-5-4-8-15(16)10-19-18(17)13-20/h1-9,17-19H,10-13H2/t17-,18-/m0/s1. The van der Waals surface area contributed by atoms with Crippen molar-refractivity contribution >= 4 is 0 Å². The summed E-state index contributed by atoms with van der Waals surface area (Å²) in [5, 5.41) is 3.71. The van der Waals surface area contributed by atoms with Crippen molar-refractivity contribution in [1.29, 1.82) is 0 Å². The Morgan fingerprint density at radius 2 is 1.75 bits per heavy atom. The summed E-state index contributed by atoms with van der Waals surface area (Å²) in [5.74, 6) is 0.656. The van der Waals surface area contributed by atoms with E-state index < -0.39 is 0 Å². The minimum Gasteiger partial charge on any atom is -0.308 e. The van der Waals surface area contributed by atoms with Crippen molar-refractivity contribution in [2.24, 2.45) is 0 Å². The van der Waals surface area contributed by atoms with E-state index in [0.717, 1.165) is 19.6 Å². The monoisotopic (exact) mass is 264 g/mol. The van der Waals surface area contributed by atoms with Crippen molar-refractivity contribution < 1.29 is 0 Å². The summed E-state index contributed by atoms with van der Waals surface area (Å²) in [5.41, 5.74) is 4.46. The average molecular weight is 264 g/mol. The molecular weight excluding hydrogens is 244 g/mol. The number of fused-ring (bicyclic) bond motifs is 3. The Hall–Kier alpha value is -1.64. The van der Waals surface area contributed by atoms with Gasteiger partial charge in [0.05, 0.1) is 0 Å². The highest BCUT2D eigenvalue weighted by Gasteiger charge is 2.36. The summed E-state index contributed by atoms with van der Waals surface area (Å²) >= 11 is 0. The molecular formula is C18H20N2. The maximum absolute atomic E-state index is 3.71. The molecule has 1 saturated heterocycles. The van der Waals surface area contributed by atoms with Crippen LogP contribution >= 0.6 is 0 Å². The SMILES string of the molecule is c1ccc(CN2C[C@@H]3NCc4ccccc4[C@@H]3C2)cc1. The van der Waals surface area contributed by atoms with Gasteiger partial charge in [0.25, 0.3) is 0 Å². The summed E-state index contributed by atoms with van der Waals surface area (Å²) in [6.07, 6.45) is 0. The number of likely N-dealkylation sites (tertiary alicyclic amines) is 1. The minimum atomic E-state index is 0.619. The van der Waals surface area contributed by atoms with Crippen LogP contribution < -0.4 is 5.32 Å². The molecule has 0 aliphatic carbocycles. The third-order valence-electron chi connectivity index (χ3n) is 4.65. The van der Waals surface area contributed by atoms with Crippen LogP contribution in [0.3, 0.4) is 0 Å². The topological polar surface area (TPSA) is 15.3 Å². The number of hydrogen-bond donors (Lipinski definition) is 1. The third kappa shape index (κ3) is 2.15. The summed E-state index contributed by atoms with van der Waals surface area (Å²) < 4.78 is 0. The Labute approximate surface area is 120 Å². The zero-order valence-electron chi connectivity index (χ0n) is 11.6. The van der Waals surface area contributed by atoms with Crippen molar-refractivity contribution in [3.8, 4) is 0 Å². The van der Waals surface area contributed by atoms with E-state index >= 15 is 0 Å². The molecule has 20 heavy (non-hydrogen) atoms. The number of rotatable bonds is 2. The quantitative estimate of drug-likeness (QED) is 0.897. The van der Waals surface area contributed by atoms with Gasteiger partial charge in [0.15, 0.2) is 0 Å². The molecule has 0 amide bonds. The number of nitrogens with one attached hydrogen (secondary N) is 1. The molecule has 2 aromatic rings. The van der Waals surface area contributed by atoms with Gasteiger partial charge in [-0.25, -0.2) is 0 Å². The van der Waals surface area contributed by atoms with Crippen molar-refractivity contribution in [2.45, 2.75) is 25.0 Å². The first-order chi connectivity index (χ1) is 9.90. The fraction of sp³-hybridized carbons (Fsp3) is 0.333. The van der Waals surface area contributed by atoms with Gasteiger partial charge in [0, 0.05) is 38.1 Å². The lowest BCUT2D eigenvalue weighted by Gasteiger charge is -2.28. The largest absolute Gasteiger partial charge is 0.308 e. The molecule has 2 aliphatic rings. The number of benzene rings is 2. The lowest BCUT2D eigenvalue weighted by molar-refractivity contribution is 0.319. The lowest BCUT2D eigenvalue weighted by Crippen LogP contribution is -2.39. The first-order valence-corrected chi connectivity index (χ1v) is 7.47. The molecule has 102 valence electrons. The zero-order chi connectivity index (χ0) is 13.4. The molecule has 0 saturated carbocycles. The zero-order valence-corrected chi connectivity index (χ0v) is 11.6. The van der Waals surface area contributed by atoms with Gasteiger partial charge in [-0.3, -0.25) is 4.90 Å². The molecule has 2 aliphatic heterocycles. The lowest BCUT2D eigenvalue weighted by atomic mass is 9.87. The smallest absolute Gasteiger partial charge is 0.0279 e. The van der Waals surface area contributed by atoms with E-state index in [-0.39, 0.29) is 0 Å². The van der Waals surface area contributed by atoms with Gasteiger partial charge in [-0.1, -0.05) is 54.6 Å². The van der Waals surface area contributed by atoms with E-state index in [9.17, 15) is 0 Å². The molecule has 4 rings (SSSR count). The van der Waals surface area contributed by atoms with Gasteiger partial charge in [0.2, 0.25) is 0 Å². The van der Waals surface area contributed by atoms with Crippen molar-refractivity contribution in [1.82, 2.24) is 10.2 Å². The van der Waals surface area contributed by atoms with Crippen LogP contribution in [-0.4, -0.2) is 24.0 Å². The Morgan fingerprint density at radius 3 is 2.65 bits per heavy atom. The predicted molar refractivity (Wildman–Crippen MR) is 81.5 cm³/mol. The van der Waals surface area contributed by atoms with Gasteiger partial charge >= 0.3 is 0 Å². The molecule has 2 atom stereocenters. The van der Waals surface area contributed by atoms with Gasteiger partial charge in [-0.05, 0) is 16.7 Å². The fourth-order valence-corrected chi connectivity index (χ4v) is 3.68. The maximum atomic E-state index is 3.71. The van der Waals surface area contributed by atoms with Crippen molar-refractivity contribution in [3.05, 3.63) is 71.3 Å². The summed E-state index contributed by atoms with van der Waals surface area (Å²) in [6, 6.07) is 20.3. The van der Waals surface area contributed by atoms with Gasteiger partial charge < -0.3 is 5.32 Å². The van der Waals surface area contributed by atoms with Crippen LogP contribution in [0.4, 0.5) is 0 Å². The Balaban J connectivity index is 1.53. The third-order valence-corrected chi connectivity index (χ3v) is 4.65. The summed E-state index contributed by atoms with van der Waals surface area (Å²) in [6.45, 7) is 4.42. The summed E-state index contributed by atoms with van der Waals surface area (Å²) in [7, 11) is 0. The first kappa shape index (κ1) is 12.1. The van der Waals surface area contributed by atoms with Crippen LogP contribution in [0.5, 0.6) is 0 Å². The van der Waals surface area contributed by atoms with E-state index in [2.05, 4.69) is 64.8 Å². The highest BCUT2D eigenvalue weighted by molar-refractivity contribution is 5.35. The molecule has 2 nitrogen and oxygen atoms in total. The molecule has 1 fully saturated rings. The highest BCUT2D eigenvalue weighted by Crippen LogP contribution is 2.34. The first-order valence-electron chi connectivity index (χ1n) is 7.47. The normalized spacial score (nSPS) is 25.2. The van der Waals surface area contributed by atoms with E-state index in [1.54, 1.807) is 5.56 Å². The second kappa shape index (κ2) is 5.04. The minimum absolute atomic E-state index is 0.619. The average Bonchev–Trinajstić information content (AvgIpc) is 2.91. The number of hydrogen-bond acceptors (Lipinski definition) is 2. The van der Waals surface area contributed by atoms with Crippen LogP contribution in [0.1, 0.15) is 22.6 Å². The molecule has 2 heterocycles. The molecule has 0 radical (unpaired) electrons. The molecule has 0 aromatic heterocycles. The number of nitrogens with zero attached hydrogens (tertiary/aromatic N) is 1. The second-order valence-corrected chi connectivity index (χ2v) is 5.97. The molecule has 2 aromatic carbocycles. The van der Waals surface area contributed by atoms with E-state index in [0.29, 0.717) is 12.0 Å². The van der Waals surface area contributed by atoms with Crippen LogP contribution in [0.15, 0.2) is 54.6 Å². The Bertz CT molecular complexity index is 593. The van der Waals surface area contributed by atoms with Gasteiger partial charge in [0.1, 0.15) is 0 Å². The van der Waals surface area contributed by atoms with E-state index in [4.69, 9.17) is 0 Å². The highest BCUT2D eigenvalue weighted by atomic mass is 15.2. The van der Waals surface area contributed by atoms with E-state index in [1.165, 1.54) is 17.7 Å². The Kier molecular flexibility index (Phi) is 3.06. The Morgan fingerprint density at radius 1 is 0.950 bits per heavy atom. The molecule has 1 N–H and O–H groups in total. The van der Waals surface area contributed by atoms with Gasteiger partial charge in [-0.2, -0.15) is 0 Å². The van der Waals surface area contributed by atoms with Crippen molar-refractivity contribution in [3.63, 3.8) is 0 Å². The van der Waals surface area contributed by atoms with Crippen LogP contribution in [0, 0.1) is 0 Å². The second-order valence-electron chi connectivity index (χ2n) is 5.97. The summed E-state index contributed by atoms with van der Waals surface area (Å²) in [4.78, 5) is 2.58.